The van der Waals surface area contributed by atoms with Crippen molar-refractivity contribution >= 4 is 32.5 Å². The fourth-order valence-corrected chi connectivity index (χ4v) is 4.89. The van der Waals surface area contributed by atoms with Gasteiger partial charge in [0.1, 0.15) is 11.6 Å². The summed E-state index contributed by atoms with van der Waals surface area (Å²) in [6.07, 6.45) is 2.86. The predicted octanol–water partition coefficient (Wildman–Crippen LogP) is 4.42. The fraction of sp³-hybridized carbons (Fsp3) is 0.192. The molecule has 1 saturated heterocycles. The molecule has 36 heavy (non-hydrogen) atoms. The Morgan fingerprint density at radius 2 is 1.75 bits per heavy atom. The first-order valence-corrected chi connectivity index (χ1v) is 13.1. The van der Waals surface area contributed by atoms with Gasteiger partial charge in [0.15, 0.2) is 0 Å². The minimum Gasteiger partial charge on any atom is -0.378 e. The number of amides is 1. The summed E-state index contributed by atoms with van der Waals surface area (Å²) < 4.78 is 61.4. The summed E-state index contributed by atoms with van der Waals surface area (Å²) in [5, 5.41) is 0.841. The number of hydrogen-bond acceptors (Lipinski definition) is 4. The summed E-state index contributed by atoms with van der Waals surface area (Å²) in [5.74, 6) is -1.66. The molecule has 0 radical (unpaired) electrons. The number of fused-ring (bicyclic) bond motifs is 1. The van der Waals surface area contributed by atoms with E-state index in [1.165, 1.54) is 12.1 Å². The maximum absolute atomic E-state index is 14.7. The van der Waals surface area contributed by atoms with Gasteiger partial charge < -0.3 is 14.2 Å². The molecule has 1 N–H and O–H groups in total. The number of carbonyl (C=O) groups is 1. The maximum Gasteiger partial charge on any atom is 0.254 e. The zero-order valence-corrected chi connectivity index (χ0v) is 20.2. The number of ether oxygens (including phenoxy) is 1. The zero-order valence-electron chi connectivity index (χ0n) is 19.4. The minimum absolute atomic E-state index is 0.158. The first kappa shape index (κ1) is 24.0. The molecule has 0 bridgehead atoms. The molecule has 0 aliphatic carbocycles. The number of aromatic nitrogens is 1. The van der Waals surface area contributed by atoms with Crippen LogP contribution in [0.2, 0.25) is 0 Å². The molecule has 3 aromatic carbocycles. The third kappa shape index (κ3) is 4.95. The van der Waals surface area contributed by atoms with Crippen LogP contribution in [0.5, 0.6) is 0 Å². The largest absolute Gasteiger partial charge is 0.378 e. The summed E-state index contributed by atoms with van der Waals surface area (Å²) >= 11 is 0. The van der Waals surface area contributed by atoms with E-state index in [2.05, 4.69) is 4.72 Å². The molecule has 0 atom stereocenters. The highest BCUT2D eigenvalue weighted by Gasteiger charge is 2.21. The number of morpholine rings is 1. The standard InChI is InChI=1S/C26H23F2N3O4S/c1-36(33,34)29-21-4-2-17-6-7-31(25(17)16-21)22-13-18(23-5-3-20(27)15-24(23)28)12-19(14-22)26(32)30-8-10-35-11-9-30/h2-7,12-16,29H,8-11H2,1H3. The summed E-state index contributed by atoms with van der Waals surface area (Å²) in [7, 11) is -3.48. The molecular formula is C26H23F2N3O4S. The van der Waals surface area contributed by atoms with E-state index in [9.17, 15) is 22.0 Å². The Balaban J connectivity index is 1.66. The van der Waals surface area contributed by atoms with Gasteiger partial charge in [0.25, 0.3) is 5.91 Å². The number of halogens is 2. The van der Waals surface area contributed by atoms with Gasteiger partial charge in [-0.3, -0.25) is 9.52 Å². The van der Waals surface area contributed by atoms with Gasteiger partial charge in [-0.15, -0.1) is 0 Å². The van der Waals surface area contributed by atoms with Crippen molar-refractivity contribution in [2.24, 2.45) is 0 Å². The van der Waals surface area contributed by atoms with Crippen LogP contribution in [0.25, 0.3) is 27.7 Å². The van der Waals surface area contributed by atoms with Crippen LogP contribution in [0.4, 0.5) is 14.5 Å². The SMILES string of the molecule is CS(=O)(=O)Nc1ccc2ccn(-c3cc(C(=O)N4CCOCC4)cc(-c4ccc(F)cc4F)c3)c2c1. The number of sulfonamides is 1. The van der Waals surface area contributed by atoms with Gasteiger partial charge in [-0.05, 0) is 54.1 Å². The molecular weight excluding hydrogens is 488 g/mol. The van der Waals surface area contributed by atoms with E-state index in [-0.39, 0.29) is 11.5 Å². The lowest BCUT2D eigenvalue weighted by Gasteiger charge is -2.27. The van der Waals surface area contributed by atoms with Crippen LogP contribution in [0.1, 0.15) is 10.4 Å². The molecule has 1 amide bonds. The second-order valence-corrected chi connectivity index (χ2v) is 10.4. The normalized spacial score (nSPS) is 14.2. The Bertz CT molecular complexity index is 1580. The van der Waals surface area contributed by atoms with Crippen molar-refractivity contribution in [1.29, 1.82) is 0 Å². The van der Waals surface area contributed by atoms with E-state index in [1.807, 2.05) is 6.07 Å². The number of rotatable bonds is 5. The van der Waals surface area contributed by atoms with Crippen molar-refractivity contribution in [2.75, 3.05) is 37.3 Å². The highest BCUT2D eigenvalue weighted by Crippen LogP contribution is 2.31. The van der Waals surface area contributed by atoms with E-state index in [4.69, 9.17) is 4.74 Å². The van der Waals surface area contributed by atoms with Crippen molar-refractivity contribution < 1.29 is 26.7 Å². The third-order valence-corrected chi connectivity index (χ3v) is 6.59. The molecule has 10 heteroatoms. The van der Waals surface area contributed by atoms with Crippen LogP contribution in [0.15, 0.2) is 66.9 Å². The van der Waals surface area contributed by atoms with E-state index >= 15 is 0 Å². The Labute approximate surface area is 207 Å². The lowest BCUT2D eigenvalue weighted by atomic mass is 10.0. The van der Waals surface area contributed by atoms with Gasteiger partial charge in [-0.1, -0.05) is 6.07 Å². The molecule has 0 saturated carbocycles. The lowest BCUT2D eigenvalue weighted by molar-refractivity contribution is 0.0303. The van der Waals surface area contributed by atoms with Crippen molar-refractivity contribution in [3.8, 4) is 16.8 Å². The second-order valence-electron chi connectivity index (χ2n) is 8.63. The molecule has 0 unspecified atom stereocenters. The summed E-state index contributed by atoms with van der Waals surface area (Å²) in [6, 6.07) is 15.3. The molecule has 4 aromatic rings. The topological polar surface area (TPSA) is 80.6 Å². The average Bonchev–Trinajstić information content (AvgIpc) is 3.26. The summed E-state index contributed by atoms with van der Waals surface area (Å²) in [5.41, 5.74) is 2.55. The van der Waals surface area contributed by atoms with Crippen molar-refractivity contribution in [2.45, 2.75) is 0 Å². The smallest absolute Gasteiger partial charge is 0.254 e. The molecule has 1 fully saturated rings. The van der Waals surface area contributed by atoms with Gasteiger partial charge in [0, 0.05) is 47.6 Å². The molecule has 1 aliphatic heterocycles. The van der Waals surface area contributed by atoms with Crippen LogP contribution in [-0.2, 0) is 14.8 Å². The quantitative estimate of drug-likeness (QED) is 0.430. The highest BCUT2D eigenvalue weighted by molar-refractivity contribution is 7.92. The molecule has 5 rings (SSSR count). The van der Waals surface area contributed by atoms with Crippen LogP contribution in [0, 0.1) is 11.6 Å². The second kappa shape index (κ2) is 9.36. The maximum atomic E-state index is 14.7. The van der Waals surface area contributed by atoms with Crippen molar-refractivity contribution in [3.63, 3.8) is 0 Å². The molecule has 2 heterocycles. The number of anilines is 1. The van der Waals surface area contributed by atoms with Crippen LogP contribution in [0.3, 0.4) is 0 Å². The van der Waals surface area contributed by atoms with Crippen molar-refractivity contribution in [1.82, 2.24) is 9.47 Å². The van der Waals surface area contributed by atoms with E-state index in [0.29, 0.717) is 54.3 Å². The van der Waals surface area contributed by atoms with Gasteiger partial charge in [-0.2, -0.15) is 0 Å². The Morgan fingerprint density at radius 3 is 2.47 bits per heavy atom. The summed E-state index contributed by atoms with van der Waals surface area (Å²) in [6.45, 7) is 1.75. The van der Waals surface area contributed by atoms with Gasteiger partial charge >= 0.3 is 0 Å². The van der Waals surface area contributed by atoms with E-state index in [1.54, 1.807) is 52.1 Å². The Kier molecular flexibility index (Phi) is 6.23. The Hall–Kier alpha value is -3.76. The number of hydrogen-bond donors (Lipinski definition) is 1. The molecule has 1 aromatic heterocycles. The van der Waals surface area contributed by atoms with Crippen LogP contribution < -0.4 is 4.72 Å². The number of benzene rings is 3. The Morgan fingerprint density at radius 1 is 0.972 bits per heavy atom. The minimum atomic E-state index is -3.48. The zero-order chi connectivity index (χ0) is 25.4. The first-order chi connectivity index (χ1) is 17.2. The number of nitrogens with one attached hydrogen (secondary N) is 1. The third-order valence-electron chi connectivity index (χ3n) is 5.98. The summed E-state index contributed by atoms with van der Waals surface area (Å²) in [4.78, 5) is 15.0. The predicted molar refractivity (Wildman–Crippen MR) is 134 cm³/mol. The van der Waals surface area contributed by atoms with Crippen LogP contribution in [-0.4, -0.2) is 56.4 Å². The molecule has 0 spiro atoms. The lowest BCUT2D eigenvalue weighted by Crippen LogP contribution is -2.40. The monoisotopic (exact) mass is 511 g/mol. The van der Waals surface area contributed by atoms with Gasteiger partial charge in [0.2, 0.25) is 10.0 Å². The fourth-order valence-electron chi connectivity index (χ4n) is 4.33. The number of carbonyl (C=O) groups excluding carboxylic acids is 1. The average molecular weight is 512 g/mol. The van der Waals surface area contributed by atoms with E-state index < -0.39 is 21.7 Å². The molecule has 186 valence electrons. The molecule has 1 aliphatic rings. The van der Waals surface area contributed by atoms with Gasteiger partial charge in [-0.25, -0.2) is 17.2 Å². The highest BCUT2D eigenvalue weighted by atomic mass is 32.2. The van der Waals surface area contributed by atoms with E-state index in [0.717, 1.165) is 17.7 Å². The van der Waals surface area contributed by atoms with Crippen LogP contribution >= 0.6 is 0 Å². The number of nitrogens with zero attached hydrogens (tertiary/aromatic N) is 2. The first-order valence-electron chi connectivity index (χ1n) is 11.2. The van der Waals surface area contributed by atoms with Gasteiger partial charge in [0.05, 0.1) is 30.7 Å². The molecule has 7 nitrogen and oxygen atoms in total. The van der Waals surface area contributed by atoms with Crippen molar-refractivity contribution in [3.05, 3.63) is 84.1 Å².